The Kier molecular flexibility index (Phi) is 6.84. The van der Waals surface area contributed by atoms with Crippen LogP contribution in [0.2, 0.25) is 0 Å². The van der Waals surface area contributed by atoms with Gasteiger partial charge >= 0.3 is 6.03 Å². The molecule has 0 radical (unpaired) electrons. The van der Waals surface area contributed by atoms with E-state index in [0.29, 0.717) is 18.8 Å². The SMILES string of the molecule is CC(=O)Nc1ccc(CC(=O)NC2CCN(C(=O)Nc3ccccc3)CC2)cc1. The highest BCUT2D eigenvalue weighted by atomic mass is 16.2. The summed E-state index contributed by atoms with van der Waals surface area (Å²) in [4.78, 5) is 37.5. The van der Waals surface area contributed by atoms with Crippen LogP contribution in [0.4, 0.5) is 16.2 Å². The van der Waals surface area contributed by atoms with E-state index in [0.717, 1.165) is 24.1 Å². The fourth-order valence-electron chi connectivity index (χ4n) is 3.32. The zero-order valence-electron chi connectivity index (χ0n) is 16.5. The van der Waals surface area contributed by atoms with Gasteiger partial charge in [0.25, 0.3) is 0 Å². The monoisotopic (exact) mass is 394 g/mol. The van der Waals surface area contributed by atoms with Crippen LogP contribution in [0.3, 0.4) is 0 Å². The van der Waals surface area contributed by atoms with Crippen LogP contribution in [0, 0.1) is 0 Å². The van der Waals surface area contributed by atoms with Crippen molar-refractivity contribution in [3.8, 4) is 0 Å². The van der Waals surface area contributed by atoms with Crippen LogP contribution in [0.15, 0.2) is 54.6 Å². The van der Waals surface area contributed by atoms with Gasteiger partial charge in [0.2, 0.25) is 11.8 Å². The van der Waals surface area contributed by atoms with Crippen LogP contribution in [0.1, 0.15) is 25.3 Å². The van der Waals surface area contributed by atoms with Gasteiger partial charge < -0.3 is 20.9 Å². The standard InChI is InChI=1S/C22H26N4O3/c1-16(27)23-19-9-7-17(8-10-19)15-21(28)24-20-11-13-26(14-12-20)22(29)25-18-5-3-2-4-6-18/h2-10,20H,11-15H2,1H3,(H,23,27)(H,24,28)(H,25,29). The average Bonchev–Trinajstić information content (AvgIpc) is 2.70. The first-order chi connectivity index (χ1) is 14.0. The molecular weight excluding hydrogens is 368 g/mol. The normalized spacial score (nSPS) is 14.2. The Morgan fingerprint density at radius 3 is 2.14 bits per heavy atom. The molecule has 1 aliphatic rings. The molecule has 0 saturated carbocycles. The molecule has 3 rings (SSSR count). The molecular formula is C22H26N4O3. The maximum atomic E-state index is 12.3. The van der Waals surface area contributed by atoms with Crippen LogP contribution in [0.5, 0.6) is 0 Å². The number of piperidine rings is 1. The molecule has 1 saturated heterocycles. The summed E-state index contributed by atoms with van der Waals surface area (Å²) in [7, 11) is 0. The third-order valence-electron chi connectivity index (χ3n) is 4.81. The molecule has 0 spiro atoms. The molecule has 152 valence electrons. The molecule has 0 atom stereocenters. The number of nitrogens with zero attached hydrogens (tertiary/aromatic N) is 1. The first-order valence-electron chi connectivity index (χ1n) is 9.76. The van der Waals surface area contributed by atoms with Crippen LogP contribution >= 0.6 is 0 Å². The quantitative estimate of drug-likeness (QED) is 0.728. The van der Waals surface area contributed by atoms with Crippen molar-refractivity contribution in [2.24, 2.45) is 0 Å². The summed E-state index contributed by atoms with van der Waals surface area (Å²) in [6.45, 7) is 2.67. The van der Waals surface area contributed by atoms with E-state index in [2.05, 4.69) is 16.0 Å². The van der Waals surface area contributed by atoms with Gasteiger partial charge in [0.15, 0.2) is 0 Å². The summed E-state index contributed by atoms with van der Waals surface area (Å²) >= 11 is 0. The number of carbonyl (C=O) groups is 3. The minimum Gasteiger partial charge on any atom is -0.353 e. The van der Waals surface area contributed by atoms with Gasteiger partial charge in [-0.25, -0.2) is 4.79 Å². The number of anilines is 2. The van der Waals surface area contributed by atoms with Gasteiger partial charge in [-0.05, 0) is 42.7 Å². The van der Waals surface area contributed by atoms with Gasteiger partial charge in [0, 0.05) is 37.4 Å². The lowest BCUT2D eigenvalue weighted by Crippen LogP contribution is -2.48. The summed E-state index contributed by atoms with van der Waals surface area (Å²) in [6.07, 6.45) is 1.75. The van der Waals surface area contributed by atoms with Gasteiger partial charge in [0.1, 0.15) is 0 Å². The van der Waals surface area contributed by atoms with Crippen molar-refractivity contribution in [3.05, 3.63) is 60.2 Å². The van der Waals surface area contributed by atoms with Crippen molar-refractivity contribution in [1.29, 1.82) is 0 Å². The largest absolute Gasteiger partial charge is 0.353 e. The summed E-state index contributed by atoms with van der Waals surface area (Å²) < 4.78 is 0. The summed E-state index contributed by atoms with van der Waals surface area (Å²) in [5.41, 5.74) is 2.37. The van der Waals surface area contributed by atoms with E-state index >= 15 is 0 Å². The molecule has 1 aliphatic heterocycles. The third-order valence-corrected chi connectivity index (χ3v) is 4.81. The minimum absolute atomic E-state index is 0.0375. The van der Waals surface area contributed by atoms with E-state index < -0.39 is 0 Å². The zero-order chi connectivity index (χ0) is 20.6. The van der Waals surface area contributed by atoms with Crippen molar-refractivity contribution in [2.45, 2.75) is 32.2 Å². The van der Waals surface area contributed by atoms with E-state index in [1.807, 2.05) is 42.5 Å². The second-order valence-corrected chi connectivity index (χ2v) is 7.18. The third kappa shape index (κ3) is 6.34. The fraction of sp³-hybridized carbons (Fsp3) is 0.318. The van der Waals surface area contributed by atoms with Crippen molar-refractivity contribution >= 4 is 29.2 Å². The summed E-state index contributed by atoms with van der Waals surface area (Å²) in [5, 5.41) is 8.65. The Hall–Kier alpha value is -3.35. The number of hydrogen-bond acceptors (Lipinski definition) is 3. The lowest BCUT2D eigenvalue weighted by Gasteiger charge is -2.32. The molecule has 1 heterocycles. The Morgan fingerprint density at radius 2 is 1.52 bits per heavy atom. The Morgan fingerprint density at radius 1 is 0.897 bits per heavy atom. The highest BCUT2D eigenvalue weighted by Gasteiger charge is 2.23. The number of hydrogen-bond donors (Lipinski definition) is 3. The number of benzene rings is 2. The predicted molar refractivity (Wildman–Crippen MR) is 113 cm³/mol. The summed E-state index contributed by atoms with van der Waals surface area (Å²) in [6, 6.07) is 16.6. The number of para-hydroxylation sites is 1. The molecule has 0 aromatic heterocycles. The summed E-state index contributed by atoms with van der Waals surface area (Å²) in [5.74, 6) is -0.163. The van der Waals surface area contributed by atoms with Crippen molar-refractivity contribution in [2.75, 3.05) is 23.7 Å². The van der Waals surface area contributed by atoms with E-state index in [1.165, 1.54) is 6.92 Å². The minimum atomic E-state index is -0.126. The fourth-order valence-corrected chi connectivity index (χ4v) is 3.32. The lowest BCUT2D eigenvalue weighted by molar-refractivity contribution is -0.121. The lowest BCUT2D eigenvalue weighted by atomic mass is 10.0. The molecule has 29 heavy (non-hydrogen) atoms. The molecule has 7 heteroatoms. The van der Waals surface area contributed by atoms with Crippen LogP contribution in [-0.4, -0.2) is 41.9 Å². The van der Waals surface area contributed by atoms with E-state index in [-0.39, 0.29) is 30.3 Å². The van der Waals surface area contributed by atoms with Gasteiger partial charge in [-0.15, -0.1) is 0 Å². The van der Waals surface area contributed by atoms with Crippen LogP contribution in [0.25, 0.3) is 0 Å². The highest BCUT2D eigenvalue weighted by molar-refractivity contribution is 5.89. The van der Waals surface area contributed by atoms with E-state index in [9.17, 15) is 14.4 Å². The first-order valence-corrected chi connectivity index (χ1v) is 9.76. The molecule has 7 nitrogen and oxygen atoms in total. The molecule has 2 aromatic carbocycles. The number of likely N-dealkylation sites (tertiary alicyclic amines) is 1. The Balaban J connectivity index is 1.41. The highest BCUT2D eigenvalue weighted by Crippen LogP contribution is 2.14. The maximum Gasteiger partial charge on any atom is 0.321 e. The number of carbonyl (C=O) groups excluding carboxylic acids is 3. The molecule has 4 amide bonds. The number of urea groups is 1. The number of amides is 4. The number of rotatable bonds is 5. The molecule has 2 aromatic rings. The smallest absolute Gasteiger partial charge is 0.321 e. The Labute approximate surface area is 170 Å². The van der Waals surface area contributed by atoms with Gasteiger partial charge in [0.05, 0.1) is 6.42 Å². The molecule has 0 unspecified atom stereocenters. The van der Waals surface area contributed by atoms with Crippen molar-refractivity contribution in [3.63, 3.8) is 0 Å². The molecule has 3 N–H and O–H groups in total. The molecule has 0 aliphatic carbocycles. The zero-order valence-corrected chi connectivity index (χ0v) is 16.5. The number of nitrogens with one attached hydrogen (secondary N) is 3. The average molecular weight is 394 g/mol. The van der Waals surface area contributed by atoms with E-state index in [4.69, 9.17) is 0 Å². The van der Waals surface area contributed by atoms with E-state index in [1.54, 1.807) is 17.0 Å². The van der Waals surface area contributed by atoms with Gasteiger partial charge in [-0.1, -0.05) is 30.3 Å². The van der Waals surface area contributed by atoms with Crippen LogP contribution in [-0.2, 0) is 16.0 Å². The first kappa shape index (κ1) is 20.4. The maximum absolute atomic E-state index is 12.3. The molecule has 1 fully saturated rings. The van der Waals surface area contributed by atoms with Crippen molar-refractivity contribution < 1.29 is 14.4 Å². The predicted octanol–water partition coefficient (Wildman–Crippen LogP) is 3.00. The molecule has 0 bridgehead atoms. The Bertz CT molecular complexity index is 844. The van der Waals surface area contributed by atoms with Crippen LogP contribution < -0.4 is 16.0 Å². The second kappa shape index (κ2) is 9.73. The van der Waals surface area contributed by atoms with Gasteiger partial charge in [-0.3, -0.25) is 9.59 Å². The van der Waals surface area contributed by atoms with Gasteiger partial charge in [-0.2, -0.15) is 0 Å². The topological polar surface area (TPSA) is 90.5 Å². The second-order valence-electron chi connectivity index (χ2n) is 7.18. The van der Waals surface area contributed by atoms with Crippen molar-refractivity contribution in [1.82, 2.24) is 10.2 Å².